The van der Waals surface area contributed by atoms with Crippen molar-refractivity contribution in [2.45, 2.75) is 13.0 Å². The number of esters is 1. The Kier molecular flexibility index (Phi) is 6.97. The molecule has 0 heterocycles. The van der Waals surface area contributed by atoms with E-state index in [-0.39, 0.29) is 22.5 Å². The molecule has 2 aromatic rings. The Morgan fingerprint density at radius 1 is 1.21 bits per heavy atom. The molecule has 10 heteroatoms. The molecule has 1 unspecified atom stereocenters. The number of para-hydroxylation sites is 1. The van der Waals surface area contributed by atoms with E-state index in [1.165, 1.54) is 37.3 Å². The quantitative estimate of drug-likeness (QED) is 0.411. The van der Waals surface area contributed by atoms with Crippen LogP contribution in [0.15, 0.2) is 48.5 Å². The van der Waals surface area contributed by atoms with Gasteiger partial charge in [0.1, 0.15) is 12.6 Å². The van der Waals surface area contributed by atoms with Gasteiger partial charge in [-0.15, -0.1) is 0 Å². The van der Waals surface area contributed by atoms with Crippen molar-refractivity contribution in [2.24, 2.45) is 0 Å². The second kappa shape index (κ2) is 9.61. The number of hydrogen-bond acceptors (Lipinski definition) is 7. The first-order chi connectivity index (χ1) is 13.8. The first-order valence-electron chi connectivity index (χ1n) is 8.34. The Morgan fingerprint density at radius 2 is 1.93 bits per heavy atom. The van der Waals surface area contributed by atoms with Crippen molar-refractivity contribution in [3.8, 4) is 6.07 Å². The van der Waals surface area contributed by atoms with Crippen LogP contribution in [0.2, 0.25) is 0 Å². The molecule has 0 bridgehead atoms. The lowest BCUT2D eigenvalue weighted by Gasteiger charge is -2.14. The molecule has 0 radical (unpaired) electrons. The van der Waals surface area contributed by atoms with E-state index < -0.39 is 35.4 Å². The zero-order valence-corrected chi connectivity index (χ0v) is 15.2. The fraction of sp³-hybridized carbons (Fsp3) is 0.158. The molecule has 10 nitrogen and oxygen atoms in total. The van der Waals surface area contributed by atoms with E-state index in [0.717, 1.165) is 6.07 Å². The molecular weight excluding hydrogens is 380 g/mol. The van der Waals surface area contributed by atoms with Gasteiger partial charge >= 0.3 is 5.97 Å². The summed E-state index contributed by atoms with van der Waals surface area (Å²) in [5, 5.41) is 24.5. The first-order valence-corrected chi connectivity index (χ1v) is 8.34. The van der Waals surface area contributed by atoms with Crippen LogP contribution in [0.1, 0.15) is 22.8 Å². The maximum atomic E-state index is 12.1. The number of nitro benzene ring substituents is 1. The average molecular weight is 396 g/mol. The monoisotopic (exact) mass is 396 g/mol. The van der Waals surface area contributed by atoms with Crippen LogP contribution in [0, 0.1) is 21.4 Å². The Bertz CT molecular complexity index is 998. The molecule has 0 fully saturated rings. The molecule has 0 aliphatic rings. The topological polar surface area (TPSA) is 151 Å². The summed E-state index contributed by atoms with van der Waals surface area (Å²) < 4.78 is 4.95. The van der Waals surface area contributed by atoms with Crippen molar-refractivity contribution < 1.29 is 24.0 Å². The van der Waals surface area contributed by atoms with Gasteiger partial charge in [0.05, 0.1) is 16.2 Å². The van der Waals surface area contributed by atoms with Gasteiger partial charge in [-0.25, -0.2) is 0 Å². The third-order valence-corrected chi connectivity index (χ3v) is 3.70. The second-order valence-electron chi connectivity index (χ2n) is 5.77. The number of rotatable bonds is 7. The van der Waals surface area contributed by atoms with Crippen LogP contribution in [0.5, 0.6) is 0 Å². The smallest absolute Gasteiger partial charge is 0.326 e. The number of nitrogens with zero attached hydrogens (tertiary/aromatic N) is 2. The van der Waals surface area contributed by atoms with Crippen LogP contribution in [-0.2, 0) is 14.3 Å². The number of anilines is 1. The summed E-state index contributed by atoms with van der Waals surface area (Å²) >= 11 is 0. The Hall–Kier alpha value is -4.26. The van der Waals surface area contributed by atoms with E-state index in [0.29, 0.717) is 0 Å². The zero-order chi connectivity index (χ0) is 21.4. The minimum atomic E-state index is -1.18. The van der Waals surface area contributed by atoms with Gasteiger partial charge in [0, 0.05) is 17.7 Å². The van der Waals surface area contributed by atoms with Gasteiger partial charge in [0.15, 0.2) is 6.10 Å². The molecule has 0 saturated heterocycles. The highest BCUT2D eigenvalue weighted by atomic mass is 16.6. The molecular formula is C19H16N4O6. The Balaban J connectivity index is 1.87. The fourth-order valence-corrected chi connectivity index (χ4v) is 2.23. The van der Waals surface area contributed by atoms with Gasteiger partial charge in [-0.2, -0.15) is 5.26 Å². The van der Waals surface area contributed by atoms with Crippen molar-refractivity contribution in [3.05, 3.63) is 69.8 Å². The van der Waals surface area contributed by atoms with Crippen LogP contribution in [0.3, 0.4) is 0 Å². The number of ether oxygens (including phenoxy) is 1. The summed E-state index contributed by atoms with van der Waals surface area (Å²) in [4.78, 5) is 46.1. The first kappa shape index (κ1) is 21.0. The molecule has 1 atom stereocenters. The van der Waals surface area contributed by atoms with Gasteiger partial charge in [0.25, 0.3) is 17.5 Å². The van der Waals surface area contributed by atoms with Crippen molar-refractivity contribution in [2.75, 3.05) is 11.9 Å². The Morgan fingerprint density at radius 3 is 2.62 bits per heavy atom. The molecule has 0 spiro atoms. The van der Waals surface area contributed by atoms with Crippen LogP contribution in [0.4, 0.5) is 11.4 Å². The van der Waals surface area contributed by atoms with E-state index >= 15 is 0 Å². The third-order valence-electron chi connectivity index (χ3n) is 3.70. The number of non-ortho nitro benzene ring substituents is 1. The lowest BCUT2D eigenvalue weighted by molar-refractivity contribution is -0.384. The van der Waals surface area contributed by atoms with E-state index in [4.69, 9.17) is 10.00 Å². The van der Waals surface area contributed by atoms with Crippen molar-refractivity contribution in [1.29, 1.82) is 5.26 Å². The van der Waals surface area contributed by atoms with Crippen molar-refractivity contribution >= 4 is 29.2 Å². The van der Waals surface area contributed by atoms with Crippen LogP contribution in [0.25, 0.3) is 0 Å². The fourth-order valence-electron chi connectivity index (χ4n) is 2.23. The largest absolute Gasteiger partial charge is 0.451 e. The number of nitrogens with one attached hydrogen (secondary N) is 2. The highest BCUT2D eigenvalue weighted by Gasteiger charge is 2.20. The van der Waals surface area contributed by atoms with Gasteiger partial charge in [-0.05, 0) is 25.1 Å². The molecule has 2 N–H and O–H groups in total. The van der Waals surface area contributed by atoms with Crippen LogP contribution < -0.4 is 10.6 Å². The predicted octanol–water partition coefficient (Wildman–Crippen LogP) is 1.77. The highest BCUT2D eigenvalue weighted by molar-refractivity contribution is 5.98. The number of hydrogen-bond donors (Lipinski definition) is 2. The summed E-state index contributed by atoms with van der Waals surface area (Å²) in [5.74, 6) is -2.23. The number of carbonyl (C=O) groups excluding carboxylic acids is 3. The summed E-state index contributed by atoms with van der Waals surface area (Å²) in [5.41, 5.74) is 0.277. The highest BCUT2D eigenvalue weighted by Crippen LogP contribution is 2.14. The zero-order valence-electron chi connectivity index (χ0n) is 15.2. The molecule has 2 aromatic carbocycles. The summed E-state index contributed by atoms with van der Waals surface area (Å²) in [7, 11) is 0. The third kappa shape index (κ3) is 5.86. The number of carbonyl (C=O) groups is 3. The van der Waals surface area contributed by atoms with E-state index in [1.807, 2.05) is 6.07 Å². The van der Waals surface area contributed by atoms with Gasteiger partial charge < -0.3 is 15.4 Å². The van der Waals surface area contributed by atoms with E-state index in [2.05, 4.69) is 10.6 Å². The standard InChI is InChI=1S/C19H16N4O6/c1-12(18(25)22-16-8-3-2-5-14(16)10-20)29-17(24)11-21-19(26)13-6-4-7-15(9-13)23(27)28/h2-9,12H,11H2,1H3,(H,21,26)(H,22,25). The van der Waals surface area contributed by atoms with Crippen LogP contribution >= 0.6 is 0 Å². The van der Waals surface area contributed by atoms with Gasteiger partial charge in [-0.1, -0.05) is 18.2 Å². The molecule has 29 heavy (non-hydrogen) atoms. The number of nitriles is 1. The number of benzene rings is 2. The van der Waals surface area contributed by atoms with Gasteiger partial charge in [-0.3, -0.25) is 24.5 Å². The second-order valence-corrected chi connectivity index (χ2v) is 5.77. The van der Waals surface area contributed by atoms with E-state index in [9.17, 15) is 24.5 Å². The molecule has 2 rings (SSSR count). The lowest BCUT2D eigenvalue weighted by Crippen LogP contribution is -2.36. The summed E-state index contributed by atoms with van der Waals surface area (Å²) in [6.45, 7) is 0.804. The minimum absolute atomic E-state index is 0.00546. The average Bonchev–Trinajstić information content (AvgIpc) is 2.72. The molecule has 0 aromatic heterocycles. The van der Waals surface area contributed by atoms with Crippen molar-refractivity contribution in [1.82, 2.24) is 5.32 Å². The van der Waals surface area contributed by atoms with Crippen LogP contribution in [-0.4, -0.2) is 35.4 Å². The maximum absolute atomic E-state index is 12.1. The molecule has 0 saturated carbocycles. The lowest BCUT2D eigenvalue weighted by atomic mass is 10.2. The molecule has 0 aliphatic carbocycles. The maximum Gasteiger partial charge on any atom is 0.326 e. The van der Waals surface area contributed by atoms with Gasteiger partial charge in [0.2, 0.25) is 0 Å². The Labute approximate surface area is 165 Å². The summed E-state index contributed by atoms with van der Waals surface area (Å²) in [6.07, 6.45) is -1.18. The number of amides is 2. The predicted molar refractivity (Wildman–Crippen MR) is 101 cm³/mol. The molecule has 2 amide bonds. The van der Waals surface area contributed by atoms with E-state index in [1.54, 1.807) is 12.1 Å². The van der Waals surface area contributed by atoms with Crippen molar-refractivity contribution in [3.63, 3.8) is 0 Å². The number of nitro groups is 1. The minimum Gasteiger partial charge on any atom is -0.451 e. The summed E-state index contributed by atoms with van der Waals surface area (Å²) in [6, 6.07) is 13.3. The molecule has 148 valence electrons. The SMILES string of the molecule is CC(OC(=O)CNC(=O)c1cccc([N+](=O)[O-])c1)C(=O)Nc1ccccc1C#N. The molecule has 0 aliphatic heterocycles. The normalized spacial score (nSPS) is 10.9.